The fraction of sp³-hybridized carbons (Fsp3) is 0.818. The molecule has 1 fully saturated rings. The number of aromatic nitrogens is 2. The van der Waals surface area contributed by atoms with Crippen molar-refractivity contribution in [2.45, 2.75) is 38.9 Å². The Morgan fingerprint density at radius 1 is 1.50 bits per heavy atom. The monoisotopic (exact) mass is 226 g/mol. The van der Waals surface area contributed by atoms with E-state index in [0.29, 0.717) is 24.2 Å². The quantitative estimate of drug-likeness (QED) is 0.782. The van der Waals surface area contributed by atoms with E-state index in [2.05, 4.69) is 24.0 Å². The van der Waals surface area contributed by atoms with Gasteiger partial charge in [0.15, 0.2) is 5.82 Å². The molecule has 0 radical (unpaired) electrons. The number of nitrogens with zero attached hydrogens (tertiary/aromatic N) is 2. The van der Waals surface area contributed by atoms with Crippen molar-refractivity contribution in [3.63, 3.8) is 0 Å². The third kappa shape index (κ3) is 2.25. The summed E-state index contributed by atoms with van der Waals surface area (Å²) in [5, 5.41) is 3.88. The molecule has 0 spiro atoms. The van der Waals surface area contributed by atoms with Gasteiger partial charge in [-0.05, 0) is 12.3 Å². The maximum atomic E-state index is 5.69. The van der Waals surface area contributed by atoms with Crippen LogP contribution in [0, 0.1) is 5.92 Å². The molecule has 1 saturated heterocycles. The number of rotatable bonds is 4. The molecule has 0 saturated carbocycles. The molecular weight excluding hydrogens is 208 g/mol. The van der Waals surface area contributed by atoms with Crippen molar-refractivity contribution < 1.29 is 14.0 Å². The fourth-order valence-electron chi connectivity index (χ4n) is 2.14. The third-order valence-corrected chi connectivity index (χ3v) is 2.87. The molecule has 5 nitrogen and oxygen atoms in total. The Bertz CT molecular complexity index is 338. The van der Waals surface area contributed by atoms with Crippen LogP contribution in [0.5, 0.6) is 0 Å². The van der Waals surface area contributed by atoms with Crippen LogP contribution in [0.2, 0.25) is 0 Å². The van der Waals surface area contributed by atoms with Gasteiger partial charge >= 0.3 is 0 Å². The van der Waals surface area contributed by atoms with Gasteiger partial charge in [0.05, 0.1) is 12.0 Å². The molecule has 0 bridgehead atoms. The highest BCUT2D eigenvalue weighted by atomic mass is 16.5. The van der Waals surface area contributed by atoms with Gasteiger partial charge in [0.1, 0.15) is 6.61 Å². The minimum atomic E-state index is 0.191. The summed E-state index contributed by atoms with van der Waals surface area (Å²) >= 11 is 0. The summed E-state index contributed by atoms with van der Waals surface area (Å²) in [4.78, 5) is 4.33. The molecule has 1 aliphatic heterocycles. The minimum absolute atomic E-state index is 0.191. The van der Waals surface area contributed by atoms with Crippen molar-refractivity contribution in [2.75, 3.05) is 13.7 Å². The van der Waals surface area contributed by atoms with Gasteiger partial charge < -0.3 is 14.0 Å². The van der Waals surface area contributed by atoms with Gasteiger partial charge in [0.25, 0.3) is 0 Å². The van der Waals surface area contributed by atoms with Crippen LogP contribution in [0.15, 0.2) is 4.52 Å². The fourth-order valence-corrected chi connectivity index (χ4v) is 2.14. The Balaban J connectivity index is 2.10. The molecule has 1 aromatic heterocycles. The average Bonchev–Trinajstić information content (AvgIpc) is 2.83. The molecule has 5 heteroatoms. The highest BCUT2D eigenvalue weighted by Gasteiger charge is 2.35. The summed E-state index contributed by atoms with van der Waals surface area (Å²) in [6.45, 7) is 5.46. The van der Waals surface area contributed by atoms with Gasteiger partial charge in [-0.25, -0.2) is 0 Å². The lowest BCUT2D eigenvalue weighted by atomic mass is 9.93. The van der Waals surface area contributed by atoms with Crippen molar-refractivity contribution in [1.29, 1.82) is 0 Å². The first kappa shape index (κ1) is 11.5. The summed E-state index contributed by atoms with van der Waals surface area (Å²) in [7, 11) is 1.62. The van der Waals surface area contributed by atoms with Gasteiger partial charge in [0, 0.05) is 13.7 Å². The molecule has 2 atom stereocenters. The molecule has 0 amide bonds. The van der Waals surface area contributed by atoms with E-state index < -0.39 is 0 Å². The van der Waals surface area contributed by atoms with Crippen molar-refractivity contribution >= 4 is 0 Å². The van der Waals surface area contributed by atoms with E-state index in [-0.39, 0.29) is 12.0 Å². The average molecular weight is 226 g/mol. The highest BCUT2D eigenvalue weighted by Crippen LogP contribution is 2.34. The molecule has 0 aliphatic carbocycles. The molecule has 1 aromatic rings. The predicted molar refractivity (Wildman–Crippen MR) is 56.9 cm³/mol. The van der Waals surface area contributed by atoms with Crippen LogP contribution in [0.1, 0.15) is 37.9 Å². The van der Waals surface area contributed by atoms with E-state index in [0.717, 1.165) is 13.0 Å². The van der Waals surface area contributed by atoms with Gasteiger partial charge in [0.2, 0.25) is 5.89 Å². The van der Waals surface area contributed by atoms with Crippen molar-refractivity contribution in [3.05, 3.63) is 11.7 Å². The molecule has 0 aromatic carbocycles. The second-order valence-electron chi connectivity index (χ2n) is 4.46. The van der Waals surface area contributed by atoms with Crippen LogP contribution in [0.3, 0.4) is 0 Å². The summed E-state index contributed by atoms with van der Waals surface area (Å²) < 4.78 is 15.9. The molecule has 90 valence electrons. The first-order valence-electron chi connectivity index (χ1n) is 5.65. The zero-order chi connectivity index (χ0) is 11.5. The van der Waals surface area contributed by atoms with E-state index in [1.165, 1.54) is 0 Å². The summed E-state index contributed by atoms with van der Waals surface area (Å²) in [6, 6.07) is 0. The third-order valence-electron chi connectivity index (χ3n) is 2.87. The van der Waals surface area contributed by atoms with Crippen LogP contribution in [-0.4, -0.2) is 30.0 Å². The van der Waals surface area contributed by atoms with E-state index >= 15 is 0 Å². The van der Waals surface area contributed by atoms with Gasteiger partial charge in [-0.2, -0.15) is 4.98 Å². The summed E-state index contributed by atoms with van der Waals surface area (Å²) in [5.74, 6) is 1.98. The zero-order valence-corrected chi connectivity index (χ0v) is 9.97. The lowest BCUT2D eigenvalue weighted by Crippen LogP contribution is -2.21. The van der Waals surface area contributed by atoms with Crippen LogP contribution in [0.4, 0.5) is 0 Å². The highest BCUT2D eigenvalue weighted by molar-refractivity contribution is 5.00. The minimum Gasteiger partial charge on any atom is -0.377 e. The first-order valence-corrected chi connectivity index (χ1v) is 5.65. The van der Waals surface area contributed by atoms with Gasteiger partial charge in [-0.1, -0.05) is 19.0 Å². The smallest absolute Gasteiger partial charge is 0.232 e. The first-order chi connectivity index (χ1) is 7.72. The molecule has 1 aliphatic rings. The maximum Gasteiger partial charge on any atom is 0.232 e. The second-order valence-corrected chi connectivity index (χ2v) is 4.46. The van der Waals surface area contributed by atoms with Gasteiger partial charge in [-0.3, -0.25) is 0 Å². The lowest BCUT2D eigenvalue weighted by molar-refractivity contribution is 0.0627. The van der Waals surface area contributed by atoms with Crippen LogP contribution in [0.25, 0.3) is 0 Å². The number of methoxy groups -OCH3 is 1. The number of hydrogen-bond acceptors (Lipinski definition) is 5. The van der Waals surface area contributed by atoms with Crippen molar-refractivity contribution in [3.8, 4) is 0 Å². The maximum absolute atomic E-state index is 5.69. The van der Waals surface area contributed by atoms with Crippen LogP contribution in [-0.2, 0) is 16.1 Å². The predicted octanol–water partition coefficient (Wildman–Crippen LogP) is 1.74. The Morgan fingerprint density at radius 3 is 3.00 bits per heavy atom. The zero-order valence-electron chi connectivity index (χ0n) is 9.97. The normalized spacial score (nSPS) is 25.5. The number of ether oxygens (including phenoxy) is 2. The Kier molecular flexibility index (Phi) is 3.56. The standard InChI is InChI=1S/C11H18N2O3/c1-7(2)10-8(4-5-15-10)11-12-9(6-14-3)13-16-11/h7-8,10H,4-6H2,1-3H3. The lowest BCUT2D eigenvalue weighted by Gasteiger charge is -2.18. The van der Waals surface area contributed by atoms with E-state index in [1.807, 2.05) is 0 Å². The largest absolute Gasteiger partial charge is 0.377 e. The number of hydrogen-bond donors (Lipinski definition) is 0. The summed E-state index contributed by atoms with van der Waals surface area (Å²) in [6.07, 6.45) is 1.15. The second kappa shape index (κ2) is 4.93. The van der Waals surface area contributed by atoms with E-state index in [4.69, 9.17) is 14.0 Å². The molecule has 2 rings (SSSR count). The van der Waals surface area contributed by atoms with E-state index in [1.54, 1.807) is 7.11 Å². The summed E-state index contributed by atoms with van der Waals surface area (Å²) in [5.41, 5.74) is 0. The Labute approximate surface area is 95.1 Å². The topological polar surface area (TPSA) is 57.4 Å². The Morgan fingerprint density at radius 2 is 2.31 bits per heavy atom. The molecule has 0 N–H and O–H groups in total. The molecule has 2 unspecified atom stereocenters. The Hall–Kier alpha value is -0.940. The SMILES string of the molecule is COCc1noc(C2CCOC2C(C)C)n1. The van der Waals surface area contributed by atoms with Crippen molar-refractivity contribution in [1.82, 2.24) is 10.1 Å². The van der Waals surface area contributed by atoms with Crippen LogP contribution >= 0.6 is 0 Å². The van der Waals surface area contributed by atoms with Crippen LogP contribution < -0.4 is 0 Å². The van der Waals surface area contributed by atoms with Gasteiger partial charge in [-0.15, -0.1) is 0 Å². The van der Waals surface area contributed by atoms with E-state index in [9.17, 15) is 0 Å². The van der Waals surface area contributed by atoms with Crippen molar-refractivity contribution in [2.24, 2.45) is 5.92 Å². The molecule has 16 heavy (non-hydrogen) atoms. The molecule has 2 heterocycles. The molecular formula is C11H18N2O3.